The highest BCUT2D eigenvalue weighted by Crippen LogP contribution is 2.39. The van der Waals surface area contributed by atoms with E-state index >= 15 is 0 Å². The van der Waals surface area contributed by atoms with Gasteiger partial charge in [0, 0.05) is 23.6 Å². The molecular formula is C30H24F3N5O2S. The largest absolute Gasteiger partial charge is 0.508 e. The number of rotatable bonds is 5. The van der Waals surface area contributed by atoms with Crippen LogP contribution in [0.5, 0.6) is 5.75 Å². The Balaban J connectivity index is 1.44. The topological polar surface area (TPSA) is 83.1 Å². The highest BCUT2D eigenvalue weighted by Gasteiger charge is 2.38. The number of alkyl halides is 3. The number of aromatic hydroxyl groups is 1. The predicted octanol–water partition coefficient (Wildman–Crippen LogP) is 7.30. The van der Waals surface area contributed by atoms with Gasteiger partial charge in [0.25, 0.3) is 5.91 Å². The van der Waals surface area contributed by atoms with E-state index in [1.165, 1.54) is 28.5 Å². The number of phenolic OH excluding ortho intramolecular Hbond substituents is 1. The molecule has 0 spiro atoms. The monoisotopic (exact) mass is 575 g/mol. The molecule has 2 aromatic carbocycles. The van der Waals surface area contributed by atoms with Crippen molar-refractivity contribution in [2.24, 2.45) is 5.10 Å². The molecule has 1 N–H and O–H groups in total. The zero-order valence-corrected chi connectivity index (χ0v) is 22.8. The lowest BCUT2D eigenvalue weighted by atomic mass is 10.00. The molecule has 3 aromatic heterocycles. The van der Waals surface area contributed by atoms with Gasteiger partial charge >= 0.3 is 6.18 Å². The maximum Gasteiger partial charge on any atom is 0.433 e. The summed E-state index contributed by atoms with van der Waals surface area (Å²) >= 11 is 1.46. The Morgan fingerprint density at radius 1 is 1.05 bits per heavy atom. The SMILES string of the molecule is CC(C)c1ccc(-c2cc(C(F)(F)F)n3nc(C(=O)N4N=C(c5cccs5)CC4c4ccccc4O)cc3n2)cc1. The van der Waals surface area contributed by atoms with Crippen molar-refractivity contribution < 1.29 is 23.1 Å². The third kappa shape index (κ3) is 4.97. The van der Waals surface area contributed by atoms with Crippen LogP contribution in [0, 0.1) is 0 Å². The van der Waals surface area contributed by atoms with Gasteiger partial charge in [-0.05, 0) is 35.1 Å². The number of phenols is 1. The minimum atomic E-state index is -4.75. The maximum absolute atomic E-state index is 14.2. The number of fused-ring (bicyclic) bond motifs is 1. The molecule has 0 bridgehead atoms. The van der Waals surface area contributed by atoms with E-state index in [0.29, 0.717) is 27.8 Å². The van der Waals surface area contributed by atoms with Crippen LogP contribution in [0.2, 0.25) is 0 Å². The van der Waals surface area contributed by atoms with Crippen molar-refractivity contribution in [1.29, 1.82) is 0 Å². The average molecular weight is 576 g/mol. The molecule has 1 aliphatic heterocycles. The van der Waals surface area contributed by atoms with Crippen LogP contribution in [0.3, 0.4) is 0 Å². The van der Waals surface area contributed by atoms with Crippen molar-refractivity contribution in [2.75, 3.05) is 0 Å². The summed E-state index contributed by atoms with van der Waals surface area (Å²) < 4.78 is 43.2. The van der Waals surface area contributed by atoms with Crippen LogP contribution >= 0.6 is 11.3 Å². The van der Waals surface area contributed by atoms with Crippen LogP contribution in [0.15, 0.2) is 83.3 Å². The fourth-order valence-corrected chi connectivity index (χ4v) is 5.61. The minimum Gasteiger partial charge on any atom is -0.508 e. The third-order valence-electron chi connectivity index (χ3n) is 7.03. The molecule has 11 heteroatoms. The van der Waals surface area contributed by atoms with Gasteiger partial charge in [-0.25, -0.2) is 14.5 Å². The van der Waals surface area contributed by atoms with Gasteiger partial charge in [-0.3, -0.25) is 4.79 Å². The first-order chi connectivity index (χ1) is 19.6. The zero-order valence-electron chi connectivity index (χ0n) is 22.0. The number of carbonyl (C=O) groups is 1. The summed E-state index contributed by atoms with van der Waals surface area (Å²) in [7, 11) is 0. The molecule has 1 amide bonds. The lowest BCUT2D eigenvalue weighted by molar-refractivity contribution is -0.142. The fraction of sp³-hybridized carbons (Fsp3) is 0.200. The summed E-state index contributed by atoms with van der Waals surface area (Å²) in [5.41, 5.74) is 1.37. The van der Waals surface area contributed by atoms with E-state index in [0.717, 1.165) is 16.5 Å². The number of thiophene rings is 1. The van der Waals surface area contributed by atoms with Crippen LogP contribution in [0.1, 0.15) is 64.4 Å². The summed E-state index contributed by atoms with van der Waals surface area (Å²) in [6, 6.07) is 19.0. The van der Waals surface area contributed by atoms with Crippen molar-refractivity contribution in [2.45, 2.75) is 38.4 Å². The predicted molar refractivity (Wildman–Crippen MR) is 150 cm³/mol. The maximum atomic E-state index is 14.2. The van der Waals surface area contributed by atoms with E-state index in [2.05, 4.69) is 15.2 Å². The first kappa shape index (κ1) is 26.7. The van der Waals surface area contributed by atoms with Gasteiger partial charge in [-0.15, -0.1) is 11.3 Å². The smallest absolute Gasteiger partial charge is 0.433 e. The number of amides is 1. The Morgan fingerprint density at radius 3 is 2.46 bits per heavy atom. The summed E-state index contributed by atoms with van der Waals surface area (Å²) in [5, 5.41) is 22.2. The molecule has 7 nitrogen and oxygen atoms in total. The lowest BCUT2D eigenvalue weighted by Gasteiger charge is -2.21. The van der Waals surface area contributed by atoms with Gasteiger partial charge < -0.3 is 5.11 Å². The van der Waals surface area contributed by atoms with Crippen molar-refractivity contribution in [3.63, 3.8) is 0 Å². The van der Waals surface area contributed by atoms with Crippen LogP contribution in [-0.4, -0.2) is 36.3 Å². The van der Waals surface area contributed by atoms with Crippen LogP contribution in [0.25, 0.3) is 16.9 Å². The molecule has 1 unspecified atom stereocenters. The van der Waals surface area contributed by atoms with Gasteiger partial charge in [0.15, 0.2) is 17.0 Å². The number of halogens is 3. The van der Waals surface area contributed by atoms with E-state index in [4.69, 9.17) is 0 Å². The van der Waals surface area contributed by atoms with E-state index in [-0.39, 0.29) is 28.7 Å². The molecule has 4 heterocycles. The molecule has 1 aliphatic rings. The molecule has 208 valence electrons. The quantitative estimate of drug-likeness (QED) is 0.238. The van der Waals surface area contributed by atoms with E-state index < -0.39 is 23.8 Å². The van der Waals surface area contributed by atoms with E-state index in [1.54, 1.807) is 30.3 Å². The molecule has 0 aliphatic carbocycles. The van der Waals surface area contributed by atoms with Gasteiger partial charge in [-0.1, -0.05) is 62.4 Å². The summed E-state index contributed by atoms with van der Waals surface area (Å²) in [5.74, 6) is -0.447. The Bertz CT molecular complexity index is 1780. The lowest BCUT2D eigenvalue weighted by Crippen LogP contribution is -2.27. The molecule has 5 aromatic rings. The highest BCUT2D eigenvalue weighted by atomic mass is 32.1. The Labute approximate surface area is 237 Å². The number of hydrazone groups is 1. The summed E-state index contributed by atoms with van der Waals surface area (Å²) in [6.07, 6.45) is -4.43. The van der Waals surface area contributed by atoms with Crippen LogP contribution in [0.4, 0.5) is 13.2 Å². The number of carbonyl (C=O) groups excluding carboxylic acids is 1. The van der Waals surface area contributed by atoms with E-state index in [9.17, 15) is 23.1 Å². The zero-order chi connectivity index (χ0) is 28.9. The molecule has 6 rings (SSSR count). The molecule has 0 saturated carbocycles. The van der Waals surface area contributed by atoms with Crippen LogP contribution in [-0.2, 0) is 6.18 Å². The van der Waals surface area contributed by atoms with Gasteiger partial charge in [0.05, 0.1) is 22.3 Å². The van der Waals surface area contributed by atoms with Crippen molar-refractivity contribution in [3.05, 3.63) is 106 Å². The number of hydrogen-bond donors (Lipinski definition) is 1. The highest BCUT2D eigenvalue weighted by molar-refractivity contribution is 7.12. The minimum absolute atomic E-state index is 0.0120. The molecular weight excluding hydrogens is 551 g/mol. The Kier molecular flexibility index (Phi) is 6.61. The van der Waals surface area contributed by atoms with E-state index in [1.807, 2.05) is 43.5 Å². The number of para-hydroxylation sites is 1. The third-order valence-corrected chi connectivity index (χ3v) is 7.95. The number of aromatic nitrogens is 3. The van der Waals surface area contributed by atoms with Crippen molar-refractivity contribution in [1.82, 2.24) is 19.6 Å². The first-order valence-corrected chi connectivity index (χ1v) is 13.8. The number of hydrogen-bond acceptors (Lipinski definition) is 6. The second-order valence-corrected chi connectivity index (χ2v) is 11.0. The summed E-state index contributed by atoms with van der Waals surface area (Å²) in [6.45, 7) is 4.06. The standard InChI is InChI=1S/C30H24F3N5O2S/c1-17(2)18-9-11-19(12-10-18)21-15-27(30(31,32)33)38-28(34-21)16-23(36-38)29(40)37-24(20-6-3-4-7-25(20)39)14-22(35-37)26-8-5-13-41-26/h3-13,15-17,24,39H,14H2,1-2H3. The molecule has 0 radical (unpaired) electrons. The van der Waals surface area contributed by atoms with Gasteiger partial charge in [-0.2, -0.15) is 23.4 Å². The normalized spacial score (nSPS) is 15.6. The molecule has 0 saturated heterocycles. The molecule has 41 heavy (non-hydrogen) atoms. The van der Waals surface area contributed by atoms with Crippen LogP contribution < -0.4 is 0 Å². The Hall–Kier alpha value is -4.51. The molecule has 0 fully saturated rings. The summed E-state index contributed by atoms with van der Waals surface area (Å²) in [4.78, 5) is 19.1. The first-order valence-electron chi connectivity index (χ1n) is 12.9. The molecule has 1 atom stereocenters. The number of benzene rings is 2. The van der Waals surface area contributed by atoms with Crippen molar-refractivity contribution >= 4 is 28.6 Å². The van der Waals surface area contributed by atoms with Gasteiger partial charge in [0.1, 0.15) is 5.75 Å². The fourth-order valence-electron chi connectivity index (χ4n) is 4.89. The second-order valence-electron chi connectivity index (χ2n) is 10.1. The van der Waals surface area contributed by atoms with Gasteiger partial charge in [0.2, 0.25) is 0 Å². The second kappa shape index (κ2) is 10.2. The average Bonchev–Trinajstić information content (AvgIpc) is 3.71. The number of nitrogens with zero attached hydrogens (tertiary/aromatic N) is 5. The van der Waals surface area contributed by atoms with Crippen molar-refractivity contribution in [3.8, 4) is 17.0 Å². The Morgan fingerprint density at radius 2 is 1.80 bits per heavy atom.